The van der Waals surface area contributed by atoms with Gasteiger partial charge >= 0.3 is 11.8 Å². The van der Waals surface area contributed by atoms with Crippen LogP contribution in [0.25, 0.3) is 0 Å². The number of carbonyl (C=O) groups is 3. The molecule has 0 atom stereocenters. The molecular weight excluding hydrogens is 559 g/mol. The average molecular weight is 585 g/mol. The molecule has 3 rings (SSSR count). The van der Waals surface area contributed by atoms with Gasteiger partial charge in [0.25, 0.3) is 5.91 Å². The molecule has 0 heterocycles. The average Bonchev–Trinajstić information content (AvgIpc) is 2.87. The number of hydrogen-bond acceptors (Lipinski definition) is 6. The second-order valence-corrected chi connectivity index (χ2v) is 8.94. The molecule has 0 saturated heterocycles. The molecule has 0 aromatic heterocycles. The fraction of sp³-hybridized carbons (Fsp3) is 0.185. The lowest BCUT2D eigenvalue weighted by Crippen LogP contribution is -2.32. The Morgan fingerprint density at radius 1 is 0.947 bits per heavy atom. The molecule has 9 nitrogen and oxygen atoms in total. The minimum absolute atomic E-state index is 0.121. The van der Waals surface area contributed by atoms with Crippen LogP contribution in [0.3, 0.4) is 0 Å². The summed E-state index contributed by atoms with van der Waals surface area (Å²) < 4.78 is 25.9. The molecule has 3 N–H and O–H groups in total. The third-order valence-corrected chi connectivity index (χ3v) is 5.55. The molecule has 0 fully saturated rings. The van der Waals surface area contributed by atoms with Crippen LogP contribution in [-0.4, -0.2) is 37.1 Å². The normalized spacial score (nSPS) is 10.7. The van der Waals surface area contributed by atoms with Gasteiger partial charge in [-0.05, 0) is 79.9 Å². The first-order valence-corrected chi connectivity index (χ1v) is 12.3. The standard InChI is InChI=1S/C27H26BrFN4O5/c1-4-37-23-13-18(14-30-33-27(36)26(35)31-21-8-6-5-7-20(21)29)9-10-22(23)38-15-24(34)32-25-16(2)11-19(28)12-17(25)3/h5-14H,4,15H2,1-3H3,(H,31,35)(H,32,34)(H,33,36)/b30-14-. The van der Waals surface area contributed by atoms with Crippen LogP contribution in [0.2, 0.25) is 0 Å². The summed E-state index contributed by atoms with van der Waals surface area (Å²) in [6, 6.07) is 14.1. The number of nitrogens with zero attached hydrogens (tertiary/aromatic N) is 1. The number of ether oxygens (including phenoxy) is 2. The molecule has 38 heavy (non-hydrogen) atoms. The minimum atomic E-state index is -1.07. The summed E-state index contributed by atoms with van der Waals surface area (Å²) in [7, 11) is 0. The van der Waals surface area contributed by atoms with Crippen molar-refractivity contribution in [1.82, 2.24) is 5.43 Å². The zero-order valence-electron chi connectivity index (χ0n) is 20.9. The monoisotopic (exact) mass is 584 g/mol. The maximum Gasteiger partial charge on any atom is 0.329 e. The van der Waals surface area contributed by atoms with Crippen molar-refractivity contribution in [2.75, 3.05) is 23.8 Å². The van der Waals surface area contributed by atoms with Crippen molar-refractivity contribution in [2.24, 2.45) is 5.10 Å². The maximum atomic E-state index is 13.6. The van der Waals surface area contributed by atoms with Gasteiger partial charge in [-0.15, -0.1) is 0 Å². The highest BCUT2D eigenvalue weighted by atomic mass is 79.9. The number of aryl methyl sites for hydroxylation is 2. The fourth-order valence-electron chi connectivity index (χ4n) is 3.38. The predicted octanol–water partition coefficient (Wildman–Crippen LogP) is 4.71. The van der Waals surface area contributed by atoms with Gasteiger partial charge in [-0.25, -0.2) is 9.82 Å². The topological polar surface area (TPSA) is 118 Å². The fourth-order valence-corrected chi connectivity index (χ4v) is 4.06. The van der Waals surface area contributed by atoms with E-state index in [0.29, 0.717) is 23.7 Å². The summed E-state index contributed by atoms with van der Waals surface area (Å²) in [5, 5.41) is 8.79. The van der Waals surface area contributed by atoms with Crippen LogP contribution in [0.1, 0.15) is 23.6 Å². The second kappa shape index (κ2) is 13.3. The molecule has 11 heteroatoms. The van der Waals surface area contributed by atoms with Crippen molar-refractivity contribution >= 4 is 51.2 Å². The lowest BCUT2D eigenvalue weighted by atomic mass is 10.1. The molecule has 0 bridgehead atoms. The Kier molecular flexibility index (Phi) is 9.94. The van der Waals surface area contributed by atoms with Crippen LogP contribution in [0.15, 0.2) is 64.2 Å². The summed E-state index contributed by atoms with van der Waals surface area (Å²) in [4.78, 5) is 36.4. The number of para-hydroxylation sites is 1. The first-order valence-electron chi connectivity index (χ1n) is 11.5. The van der Waals surface area contributed by atoms with E-state index in [4.69, 9.17) is 9.47 Å². The Morgan fingerprint density at radius 3 is 2.34 bits per heavy atom. The molecule has 3 aromatic carbocycles. The lowest BCUT2D eigenvalue weighted by molar-refractivity contribution is -0.136. The van der Waals surface area contributed by atoms with Gasteiger partial charge < -0.3 is 20.1 Å². The Morgan fingerprint density at radius 2 is 1.66 bits per heavy atom. The van der Waals surface area contributed by atoms with Crippen molar-refractivity contribution in [3.05, 3.63) is 81.6 Å². The number of halogens is 2. The number of carbonyl (C=O) groups excluding carboxylic acids is 3. The van der Waals surface area contributed by atoms with Gasteiger partial charge in [-0.2, -0.15) is 5.10 Å². The van der Waals surface area contributed by atoms with E-state index in [-0.39, 0.29) is 18.2 Å². The van der Waals surface area contributed by atoms with Crippen LogP contribution in [0, 0.1) is 19.7 Å². The molecule has 0 unspecified atom stereocenters. The van der Waals surface area contributed by atoms with Crippen LogP contribution >= 0.6 is 15.9 Å². The quantitative estimate of drug-likeness (QED) is 0.191. The summed E-state index contributed by atoms with van der Waals surface area (Å²) in [6.45, 7) is 5.70. The molecule has 0 spiro atoms. The van der Waals surface area contributed by atoms with E-state index >= 15 is 0 Å². The van der Waals surface area contributed by atoms with E-state index in [1.165, 1.54) is 24.4 Å². The molecule has 0 saturated carbocycles. The van der Waals surface area contributed by atoms with Crippen LogP contribution < -0.4 is 25.5 Å². The Balaban J connectivity index is 1.59. The highest BCUT2D eigenvalue weighted by molar-refractivity contribution is 9.10. The van der Waals surface area contributed by atoms with E-state index in [2.05, 4.69) is 37.1 Å². The zero-order chi connectivity index (χ0) is 27.7. The molecule has 3 amide bonds. The van der Waals surface area contributed by atoms with Gasteiger partial charge in [0.05, 0.1) is 18.5 Å². The lowest BCUT2D eigenvalue weighted by Gasteiger charge is -2.14. The summed E-state index contributed by atoms with van der Waals surface area (Å²) in [5.74, 6) is -2.43. The van der Waals surface area contributed by atoms with Crippen molar-refractivity contribution in [3.63, 3.8) is 0 Å². The zero-order valence-corrected chi connectivity index (χ0v) is 22.5. The van der Waals surface area contributed by atoms with Crippen LogP contribution in [-0.2, 0) is 14.4 Å². The number of anilines is 2. The van der Waals surface area contributed by atoms with Gasteiger partial charge in [0.15, 0.2) is 18.1 Å². The highest BCUT2D eigenvalue weighted by Crippen LogP contribution is 2.29. The van der Waals surface area contributed by atoms with Crippen molar-refractivity contribution in [1.29, 1.82) is 0 Å². The van der Waals surface area contributed by atoms with Crippen molar-refractivity contribution < 1.29 is 28.2 Å². The molecule has 0 aliphatic heterocycles. The highest BCUT2D eigenvalue weighted by Gasteiger charge is 2.15. The summed E-state index contributed by atoms with van der Waals surface area (Å²) in [6.07, 6.45) is 1.30. The van der Waals surface area contributed by atoms with Crippen LogP contribution in [0.4, 0.5) is 15.8 Å². The van der Waals surface area contributed by atoms with Gasteiger partial charge in [0.2, 0.25) is 0 Å². The van der Waals surface area contributed by atoms with E-state index in [0.717, 1.165) is 27.4 Å². The second-order valence-electron chi connectivity index (χ2n) is 8.02. The van der Waals surface area contributed by atoms with Gasteiger partial charge in [-0.3, -0.25) is 14.4 Å². The largest absolute Gasteiger partial charge is 0.490 e. The molecular formula is C27H26BrFN4O5. The SMILES string of the molecule is CCOc1cc(/C=N\NC(=O)C(=O)Nc2ccccc2F)ccc1OCC(=O)Nc1c(C)cc(Br)cc1C. The van der Waals surface area contributed by atoms with E-state index in [9.17, 15) is 18.8 Å². The van der Waals surface area contributed by atoms with E-state index in [1.54, 1.807) is 25.1 Å². The first kappa shape index (κ1) is 28.3. The Hall–Kier alpha value is -4.25. The molecule has 0 radical (unpaired) electrons. The molecule has 0 aliphatic rings. The number of nitrogens with one attached hydrogen (secondary N) is 3. The smallest absolute Gasteiger partial charge is 0.329 e. The van der Waals surface area contributed by atoms with E-state index < -0.39 is 17.6 Å². The predicted molar refractivity (Wildman–Crippen MR) is 146 cm³/mol. The maximum absolute atomic E-state index is 13.6. The van der Waals surface area contributed by atoms with Gasteiger partial charge in [0.1, 0.15) is 5.82 Å². The number of rotatable bonds is 9. The Bertz CT molecular complexity index is 1360. The number of hydrazone groups is 1. The van der Waals surface area contributed by atoms with Crippen molar-refractivity contribution in [3.8, 4) is 11.5 Å². The van der Waals surface area contributed by atoms with Crippen LogP contribution in [0.5, 0.6) is 11.5 Å². The first-order chi connectivity index (χ1) is 18.2. The van der Waals surface area contributed by atoms with Crippen molar-refractivity contribution in [2.45, 2.75) is 20.8 Å². The third kappa shape index (κ3) is 7.87. The molecule has 0 aliphatic carbocycles. The van der Waals surface area contributed by atoms with Gasteiger partial charge in [0, 0.05) is 10.2 Å². The Labute approximate surface area is 227 Å². The third-order valence-electron chi connectivity index (χ3n) is 5.10. The van der Waals surface area contributed by atoms with Gasteiger partial charge in [-0.1, -0.05) is 28.1 Å². The summed E-state index contributed by atoms with van der Waals surface area (Å²) >= 11 is 3.44. The number of benzene rings is 3. The molecule has 198 valence electrons. The summed E-state index contributed by atoms with van der Waals surface area (Å²) in [5.41, 5.74) is 5.05. The molecule has 3 aromatic rings. The number of amides is 3. The number of hydrogen-bond donors (Lipinski definition) is 3. The van der Waals surface area contributed by atoms with E-state index in [1.807, 2.05) is 26.0 Å². The minimum Gasteiger partial charge on any atom is -0.490 e.